The van der Waals surface area contributed by atoms with Crippen LogP contribution in [-0.4, -0.2) is 42.5 Å². The van der Waals surface area contributed by atoms with Gasteiger partial charge in [0.2, 0.25) is 5.91 Å². The second kappa shape index (κ2) is 8.14. The van der Waals surface area contributed by atoms with Crippen molar-refractivity contribution >= 4 is 5.91 Å². The van der Waals surface area contributed by atoms with Crippen molar-refractivity contribution < 1.29 is 4.79 Å². The van der Waals surface area contributed by atoms with E-state index in [1.165, 1.54) is 44.9 Å². The first-order valence-corrected chi connectivity index (χ1v) is 8.85. The largest absolute Gasteiger partial charge is 0.356 e. The highest BCUT2D eigenvalue weighted by Gasteiger charge is 2.31. The van der Waals surface area contributed by atoms with E-state index in [0.29, 0.717) is 6.42 Å². The van der Waals surface area contributed by atoms with Gasteiger partial charge in [-0.2, -0.15) is 0 Å². The van der Waals surface area contributed by atoms with Gasteiger partial charge in [0.25, 0.3) is 0 Å². The van der Waals surface area contributed by atoms with Gasteiger partial charge in [-0.3, -0.25) is 4.79 Å². The molecule has 2 rings (SSSR count). The molecule has 0 saturated heterocycles. The SMILES string of the molecule is CN(CCCNC(=O)CC1(N)CCCC1)C1CCCCC1. The summed E-state index contributed by atoms with van der Waals surface area (Å²) in [6.45, 7) is 1.87. The van der Waals surface area contributed by atoms with Crippen LogP contribution >= 0.6 is 0 Å². The van der Waals surface area contributed by atoms with Crippen LogP contribution in [0.1, 0.15) is 70.6 Å². The van der Waals surface area contributed by atoms with E-state index in [2.05, 4.69) is 17.3 Å². The number of nitrogens with one attached hydrogen (secondary N) is 1. The summed E-state index contributed by atoms with van der Waals surface area (Å²) >= 11 is 0. The molecule has 0 aromatic rings. The van der Waals surface area contributed by atoms with Gasteiger partial charge in [-0.25, -0.2) is 0 Å². The lowest BCUT2D eigenvalue weighted by atomic mass is 9.94. The van der Waals surface area contributed by atoms with E-state index in [0.717, 1.165) is 38.4 Å². The van der Waals surface area contributed by atoms with Crippen LogP contribution in [0.5, 0.6) is 0 Å². The summed E-state index contributed by atoms with van der Waals surface area (Å²) in [5.41, 5.74) is 6.02. The number of hydrogen-bond donors (Lipinski definition) is 2. The maximum atomic E-state index is 11.9. The fourth-order valence-electron chi connectivity index (χ4n) is 3.90. The van der Waals surface area contributed by atoms with Gasteiger partial charge in [0, 0.05) is 24.5 Å². The molecule has 0 radical (unpaired) electrons. The predicted molar refractivity (Wildman–Crippen MR) is 87.1 cm³/mol. The van der Waals surface area contributed by atoms with Gasteiger partial charge in [-0.05, 0) is 45.7 Å². The van der Waals surface area contributed by atoms with Gasteiger partial charge in [-0.1, -0.05) is 32.1 Å². The highest BCUT2D eigenvalue weighted by Crippen LogP contribution is 2.29. The maximum absolute atomic E-state index is 11.9. The van der Waals surface area contributed by atoms with Crippen molar-refractivity contribution in [1.82, 2.24) is 10.2 Å². The van der Waals surface area contributed by atoms with Gasteiger partial charge in [0.15, 0.2) is 0 Å². The molecule has 2 saturated carbocycles. The summed E-state index contributed by atoms with van der Waals surface area (Å²) in [6, 6.07) is 0.764. The Bertz CT molecular complexity index is 320. The fraction of sp³-hybridized carbons (Fsp3) is 0.941. The first kappa shape index (κ1) is 16.8. The van der Waals surface area contributed by atoms with Crippen molar-refractivity contribution in [3.8, 4) is 0 Å². The Morgan fingerprint density at radius 3 is 2.52 bits per heavy atom. The zero-order valence-corrected chi connectivity index (χ0v) is 13.7. The molecule has 0 aliphatic heterocycles. The molecule has 4 heteroatoms. The maximum Gasteiger partial charge on any atom is 0.221 e. The molecule has 0 unspecified atom stereocenters. The monoisotopic (exact) mass is 295 g/mol. The molecule has 2 aliphatic carbocycles. The number of rotatable bonds is 7. The smallest absolute Gasteiger partial charge is 0.221 e. The Labute approximate surface area is 129 Å². The molecule has 0 heterocycles. The molecule has 1 amide bonds. The van der Waals surface area contributed by atoms with Crippen LogP contribution in [0.4, 0.5) is 0 Å². The summed E-state index contributed by atoms with van der Waals surface area (Å²) in [6.07, 6.45) is 12.8. The average molecular weight is 295 g/mol. The van der Waals surface area contributed by atoms with Gasteiger partial charge in [-0.15, -0.1) is 0 Å². The van der Waals surface area contributed by atoms with Crippen molar-refractivity contribution in [1.29, 1.82) is 0 Å². The number of carbonyl (C=O) groups is 1. The summed E-state index contributed by atoms with van der Waals surface area (Å²) in [4.78, 5) is 14.4. The second-order valence-electron chi connectivity index (χ2n) is 7.22. The van der Waals surface area contributed by atoms with E-state index in [1.807, 2.05) is 0 Å². The molecular formula is C17H33N3O. The molecule has 0 atom stereocenters. The number of hydrogen-bond acceptors (Lipinski definition) is 3. The molecule has 3 N–H and O–H groups in total. The number of carbonyl (C=O) groups excluding carboxylic acids is 1. The molecule has 122 valence electrons. The Balaban J connectivity index is 1.55. The van der Waals surface area contributed by atoms with Crippen LogP contribution in [0.2, 0.25) is 0 Å². The van der Waals surface area contributed by atoms with E-state index in [1.54, 1.807) is 0 Å². The van der Waals surface area contributed by atoms with Crippen molar-refractivity contribution in [2.45, 2.75) is 82.2 Å². The number of nitrogens with zero attached hydrogens (tertiary/aromatic N) is 1. The molecule has 0 bridgehead atoms. The fourth-order valence-corrected chi connectivity index (χ4v) is 3.90. The lowest BCUT2D eigenvalue weighted by molar-refractivity contribution is -0.122. The topological polar surface area (TPSA) is 58.4 Å². The summed E-state index contributed by atoms with van der Waals surface area (Å²) in [5, 5.41) is 3.05. The minimum atomic E-state index is -0.219. The first-order chi connectivity index (χ1) is 10.1. The third-order valence-electron chi connectivity index (χ3n) is 5.32. The molecule has 4 nitrogen and oxygen atoms in total. The lowest BCUT2D eigenvalue weighted by Gasteiger charge is -2.31. The van der Waals surface area contributed by atoms with Crippen LogP contribution in [0.15, 0.2) is 0 Å². The quantitative estimate of drug-likeness (QED) is 0.709. The van der Waals surface area contributed by atoms with E-state index in [4.69, 9.17) is 5.73 Å². The third-order valence-corrected chi connectivity index (χ3v) is 5.32. The van der Waals surface area contributed by atoms with Crippen LogP contribution in [0.3, 0.4) is 0 Å². The van der Waals surface area contributed by atoms with Gasteiger partial charge >= 0.3 is 0 Å². The molecule has 2 fully saturated rings. The molecule has 0 aromatic carbocycles. The zero-order chi connectivity index (χ0) is 15.1. The molecule has 21 heavy (non-hydrogen) atoms. The molecule has 0 spiro atoms. The normalized spacial score (nSPS) is 22.6. The van der Waals surface area contributed by atoms with E-state index >= 15 is 0 Å². The first-order valence-electron chi connectivity index (χ1n) is 8.85. The Kier molecular flexibility index (Phi) is 6.49. The van der Waals surface area contributed by atoms with Gasteiger partial charge < -0.3 is 16.0 Å². The average Bonchev–Trinajstić information content (AvgIpc) is 2.90. The summed E-state index contributed by atoms with van der Waals surface area (Å²) < 4.78 is 0. The standard InChI is InChI=1S/C17H33N3O/c1-20(15-8-3-2-4-9-15)13-7-12-19-16(21)14-17(18)10-5-6-11-17/h15H,2-14,18H2,1H3,(H,19,21). The lowest BCUT2D eigenvalue weighted by Crippen LogP contribution is -2.42. The van der Waals surface area contributed by atoms with Gasteiger partial charge in [0.05, 0.1) is 0 Å². The minimum Gasteiger partial charge on any atom is -0.356 e. The van der Waals surface area contributed by atoms with Crippen LogP contribution in [-0.2, 0) is 4.79 Å². The molecule has 0 aromatic heterocycles. The molecule has 2 aliphatic rings. The highest BCUT2D eigenvalue weighted by molar-refractivity contribution is 5.77. The zero-order valence-electron chi connectivity index (χ0n) is 13.7. The van der Waals surface area contributed by atoms with E-state index < -0.39 is 0 Å². The van der Waals surface area contributed by atoms with Crippen LogP contribution in [0, 0.1) is 0 Å². The van der Waals surface area contributed by atoms with Crippen molar-refractivity contribution in [2.24, 2.45) is 5.73 Å². The predicted octanol–water partition coefficient (Wildman–Crippen LogP) is 2.42. The Morgan fingerprint density at radius 2 is 1.86 bits per heavy atom. The highest BCUT2D eigenvalue weighted by atomic mass is 16.1. The van der Waals surface area contributed by atoms with Crippen LogP contribution in [0.25, 0.3) is 0 Å². The summed E-state index contributed by atoms with van der Waals surface area (Å²) in [5.74, 6) is 0.139. The number of nitrogens with two attached hydrogens (primary N) is 1. The van der Waals surface area contributed by atoms with E-state index in [-0.39, 0.29) is 11.4 Å². The molecular weight excluding hydrogens is 262 g/mol. The Hall–Kier alpha value is -0.610. The van der Waals surface area contributed by atoms with Crippen LogP contribution < -0.4 is 11.1 Å². The number of amides is 1. The Morgan fingerprint density at radius 1 is 1.19 bits per heavy atom. The van der Waals surface area contributed by atoms with E-state index in [9.17, 15) is 4.79 Å². The van der Waals surface area contributed by atoms with Crippen molar-refractivity contribution in [2.75, 3.05) is 20.1 Å². The second-order valence-corrected chi connectivity index (χ2v) is 7.22. The minimum absolute atomic E-state index is 0.139. The van der Waals surface area contributed by atoms with Gasteiger partial charge in [0.1, 0.15) is 0 Å². The van der Waals surface area contributed by atoms with Crippen molar-refractivity contribution in [3.05, 3.63) is 0 Å². The van der Waals surface area contributed by atoms with Crippen molar-refractivity contribution in [3.63, 3.8) is 0 Å². The third kappa shape index (κ3) is 5.59. The summed E-state index contributed by atoms with van der Waals surface area (Å²) in [7, 11) is 2.23.